The summed E-state index contributed by atoms with van der Waals surface area (Å²) in [6.45, 7) is 3.10. The van der Waals surface area contributed by atoms with Crippen molar-refractivity contribution in [2.24, 2.45) is 0 Å². The molecule has 0 aromatic heterocycles. The van der Waals surface area contributed by atoms with E-state index in [1.165, 1.54) is 38.5 Å². The summed E-state index contributed by atoms with van der Waals surface area (Å²) in [5.41, 5.74) is 0.173. The Morgan fingerprint density at radius 2 is 1.77 bits per heavy atom. The zero-order chi connectivity index (χ0) is 9.57. The minimum absolute atomic E-state index is 0.173. The number of halogens is 1. The van der Waals surface area contributed by atoms with Crippen LogP contribution in [0, 0.1) is 0 Å². The van der Waals surface area contributed by atoms with Gasteiger partial charge >= 0.3 is 0 Å². The molecular formula is C11H21BrO. The SMILES string of the molecule is CCCOC1(CBr)CCCCCC1. The van der Waals surface area contributed by atoms with Crippen LogP contribution < -0.4 is 0 Å². The van der Waals surface area contributed by atoms with E-state index in [-0.39, 0.29) is 5.60 Å². The minimum atomic E-state index is 0.173. The average molecular weight is 249 g/mol. The quantitative estimate of drug-likeness (QED) is 0.542. The smallest absolute Gasteiger partial charge is 0.0778 e. The molecule has 1 aliphatic carbocycles. The van der Waals surface area contributed by atoms with Crippen LogP contribution in [0.1, 0.15) is 51.9 Å². The van der Waals surface area contributed by atoms with Gasteiger partial charge in [0.1, 0.15) is 0 Å². The van der Waals surface area contributed by atoms with Gasteiger partial charge in [-0.15, -0.1) is 0 Å². The van der Waals surface area contributed by atoms with E-state index in [1.54, 1.807) is 0 Å². The molecule has 0 aromatic carbocycles. The molecule has 0 saturated heterocycles. The highest BCUT2D eigenvalue weighted by molar-refractivity contribution is 9.09. The van der Waals surface area contributed by atoms with Gasteiger partial charge in [-0.05, 0) is 19.3 Å². The fourth-order valence-electron chi connectivity index (χ4n) is 2.01. The van der Waals surface area contributed by atoms with E-state index in [1.807, 2.05) is 0 Å². The number of hydrogen-bond donors (Lipinski definition) is 0. The monoisotopic (exact) mass is 248 g/mol. The summed E-state index contributed by atoms with van der Waals surface area (Å²) in [6.07, 6.45) is 9.10. The first-order chi connectivity index (χ1) is 6.33. The lowest BCUT2D eigenvalue weighted by Crippen LogP contribution is -2.34. The van der Waals surface area contributed by atoms with Gasteiger partial charge in [0.05, 0.1) is 5.60 Å². The summed E-state index contributed by atoms with van der Waals surface area (Å²) >= 11 is 3.61. The predicted molar refractivity (Wildman–Crippen MR) is 60.5 cm³/mol. The molecule has 0 N–H and O–H groups in total. The van der Waals surface area contributed by atoms with Crippen molar-refractivity contribution in [3.05, 3.63) is 0 Å². The van der Waals surface area contributed by atoms with Crippen LogP contribution >= 0.6 is 15.9 Å². The Morgan fingerprint density at radius 1 is 1.15 bits per heavy atom. The Hall–Kier alpha value is 0.440. The Balaban J connectivity index is 2.43. The molecule has 0 aliphatic heterocycles. The molecule has 1 saturated carbocycles. The highest BCUT2D eigenvalue weighted by Gasteiger charge is 2.30. The van der Waals surface area contributed by atoms with Crippen molar-refractivity contribution in [1.82, 2.24) is 0 Å². The maximum atomic E-state index is 6.00. The summed E-state index contributed by atoms with van der Waals surface area (Å²) < 4.78 is 6.00. The van der Waals surface area contributed by atoms with Crippen molar-refractivity contribution in [2.75, 3.05) is 11.9 Å². The highest BCUT2D eigenvalue weighted by atomic mass is 79.9. The Kier molecular flexibility index (Phi) is 5.34. The molecule has 0 spiro atoms. The van der Waals surface area contributed by atoms with Gasteiger partial charge < -0.3 is 4.74 Å². The van der Waals surface area contributed by atoms with Crippen molar-refractivity contribution in [2.45, 2.75) is 57.5 Å². The van der Waals surface area contributed by atoms with Crippen LogP contribution in [0.25, 0.3) is 0 Å². The Morgan fingerprint density at radius 3 is 2.23 bits per heavy atom. The summed E-state index contributed by atoms with van der Waals surface area (Å²) in [5.74, 6) is 0. The summed E-state index contributed by atoms with van der Waals surface area (Å²) in [5, 5.41) is 1.01. The predicted octanol–water partition coefficient (Wildman–Crippen LogP) is 3.90. The second kappa shape index (κ2) is 6.02. The first-order valence-corrected chi connectivity index (χ1v) is 6.65. The van der Waals surface area contributed by atoms with E-state index in [4.69, 9.17) is 4.74 Å². The second-order valence-electron chi connectivity index (χ2n) is 4.08. The molecule has 0 radical (unpaired) electrons. The first-order valence-electron chi connectivity index (χ1n) is 5.53. The molecule has 1 fully saturated rings. The number of ether oxygens (including phenoxy) is 1. The molecule has 1 aliphatic rings. The molecule has 1 nitrogen and oxygen atoms in total. The van der Waals surface area contributed by atoms with Gasteiger partial charge in [-0.2, -0.15) is 0 Å². The molecule has 78 valence electrons. The van der Waals surface area contributed by atoms with E-state index in [2.05, 4.69) is 22.9 Å². The standard InChI is InChI=1S/C11H21BrO/c1-2-9-13-11(10-12)7-5-3-4-6-8-11/h2-10H2,1H3. The third kappa shape index (κ3) is 3.59. The lowest BCUT2D eigenvalue weighted by molar-refractivity contribution is -0.0370. The normalized spacial score (nSPS) is 22.6. The van der Waals surface area contributed by atoms with E-state index in [0.29, 0.717) is 0 Å². The molecule has 2 heteroatoms. The lowest BCUT2D eigenvalue weighted by Gasteiger charge is -2.31. The highest BCUT2D eigenvalue weighted by Crippen LogP contribution is 2.32. The fraction of sp³-hybridized carbons (Fsp3) is 1.00. The van der Waals surface area contributed by atoms with Crippen LogP contribution in [0.2, 0.25) is 0 Å². The molecule has 0 amide bonds. The Bertz CT molecular complexity index is 128. The maximum absolute atomic E-state index is 6.00. The zero-order valence-electron chi connectivity index (χ0n) is 8.65. The van der Waals surface area contributed by atoms with E-state index in [9.17, 15) is 0 Å². The third-order valence-corrected chi connectivity index (χ3v) is 3.89. The first kappa shape index (κ1) is 11.5. The third-order valence-electron chi connectivity index (χ3n) is 2.87. The van der Waals surface area contributed by atoms with Gasteiger partial charge in [0.25, 0.3) is 0 Å². The lowest BCUT2D eigenvalue weighted by atomic mass is 9.97. The van der Waals surface area contributed by atoms with Crippen LogP contribution in [-0.4, -0.2) is 17.5 Å². The number of hydrogen-bond acceptors (Lipinski definition) is 1. The van der Waals surface area contributed by atoms with Crippen molar-refractivity contribution in [3.8, 4) is 0 Å². The topological polar surface area (TPSA) is 9.23 Å². The van der Waals surface area contributed by atoms with Crippen molar-refractivity contribution < 1.29 is 4.74 Å². The van der Waals surface area contributed by atoms with Gasteiger partial charge in [0.2, 0.25) is 0 Å². The van der Waals surface area contributed by atoms with Crippen LogP contribution in [0.3, 0.4) is 0 Å². The molecule has 0 bridgehead atoms. The Labute approximate surface area is 90.4 Å². The van der Waals surface area contributed by atoms with Crippen molar-refractivity contribution in [3.63, 3.8) is 0 Å². The maximum Gasteiger partial charge on any atom is 0.0778 e. The molecule has 0 unspecified atom stereocenters. The summed E-state index contributed by atoms with van der Waals surface area (Å²) in [4.78, 5) is 0. The van der Waals surface area contributed by atoms with Crippen LogP contribution in [0.15, 0.2) is 0 Å². The zero-order valence-corrected chi connectivity index (χ0v) is 10.2. The van der Waals surface area contributed by atoms with E-state index < -0.39 is 0 Å². The molecule has 0 heterocycles. The van der Waals surface area contributed by atoms with Crippen molar-refractivity contribution >= 4 is 15.9 Å². The molecule has 13 heavy (non-hydrogen) atoms. The van der Waals surface area contributed by atoms with Gasteiger partial charge in [0, 0.05) is 11.9 Å². The minimum Gasteiger partial charge on any atom is -0.374 e. The molecular weight excluding hydrogens is 228 g/mol. The largest absolute Gasteiger partial charge is 0.374 e. The van der Waals surface area contributed by atoms with Gasteiger partial charge in [0.15, 0.2) is 0 Å². The average Bonchev–Trinajstić information content (AvgIpc) is 2.41. The van der Waals surface area contributed by atoms with Crippen LogP contribution in [-0.2, 0) is 4.74 Å². The molecule has 0 aromatic rings. The summed E-state index contributed by atoms with van der Waals surface area (Å²) in [7, 11) is 0. The number of alkyl halides is 1. The fourth-order valence-corrected chi connectivity index (χ4v) is 2.73. The van der Waals surface area contributed by atoms with Gasteiger partial charge in [-0.1, -0.05) is 48.5 Å². The molecule has 0 atom stereocenters. The van der Waals surface area contributed by atoms with Crippen LogP contribution in [0.4, 0.5) is 0 Å². The second-order valence-corrected chi connectivity index (χ2v) is 4.64. The van der Waals surface area contributed by atoms with Crippen LogP contribution in [0.5, 0.6) is 0 Å². The number of rotatable bonds is 4. The van der Waals surface area contributed by atoms with E-state index >= 15 is 0 Å². The molecule has 1 rings (SSSR count). The van der Waals surface area contributed by atoms with Crippen molar-refractivity contribution in [1.29, 1.82) is 0 Å². The van der Waals surface area contributed by atoms with Gasteiger partial charge in [-0.3, -0.25) is 0 Å². The van der Waals surface area contributed by atoms with Gasteiger partial charge in [-0.25, -0.2) is 0 Å². The summed E-state index contributed by atoms with van der Waals surface area (Å²) in [6, 6.07) is 0. The van der Waals surface area contributed by atoms with E-state index in [0.717, 1.165) is 18.4 Å².